The molecule has 1 N–H and O–H groups in total. The molecule has 122 valence electrons. The van der Waals surface area contributed by atoms with E-state index in [1.165, 1.54) is 5.56 Å². The molecule has 1 fully saturated rings. The van der Waals surface area contributed by atoms with Crippen LogP contribution in [0.15, 0.2) is 48.7 Å². The molecule has 1 aromatic carbocycles. The molecule has 2 aromatic rings. The molecule has 0 saturated carbocycles. The smallest absolute Gasteiger partial charge is 0.130 e. The number of benzene rings is 1. The van der Waals surface area contributed by atoms with Crippen molar-refractivity contribution in [2.24, 2.45) is 0 Å². The van der Waals surface area contributed by atoms with Crippen molar-refractivity contribution in [3.8, 4) is 5.75 Å². The summed E-state index contributed by atoms with van der Waals surface area (Å²) in [5.74, 6) is 0.906. The molecule has 0 spiro atoms. The fourth-order valence-corrected chi connectivity index (χ4v) is 2.93. The summed E-state index contributed by atoms with van der Waals surface area (Å²) in [4.78, 5) is 6.81. The molecule has 0 radical (unpaired) electrons. The Bertz CT molecular complexity index is 617. The second-order valence-electron chi connectivity index (χ2n) is 6.34. The van der Waals surface area contributed by atoms with Gasteiger partial charge >= 0.3 is 0 Å². The lowest BCUT2D eigenvalue weighted by Gasteiger charge is -2.37. The Balaban J connectivity index is 1.60. The standard InChI is InChI=1S/C19H25N3O/c1-15-12-22(16(2)11-21-15)13-17-6-5-8-19(10-17)23-14-18-7-3-4-9-20-18/h3-10,15-16,21H,11-14H2,1-2H3. The molecule has 1 aliphatic rings. The number of hydrogen-bond donors (Lipinski definition) is 1. The molecule has 3 rings (SSSR count). The maximum atomic E-state index is 5.88. The Morgan fingerprint density at radius 1 is 1.22 bits per heavy atom. The Morgan fingerprint density at radius 3 is 2.96 bits per heavy atom. The van der Waals surface area contributed by atoms with Gasteiger partial charge in [-0.15, -0.1) is 0 Å². The van der Waals surface area contributed by atoms with Crippen molar-refractivity contribution in [2.75, 3.05) is 13.1 Å². The number of nitrogens with zero attached hydrogens (tertiary/aromatic N) is 2. The highest BCUT2D eigenvalue weighted by Crippen LogP contribution is 2.18. The van der Waals surface area contributed by atoms with Crippen LogP contribution in [-0.2, 0) is 13.2 Å². The van der Waals surface area contributed by atoms with Crippen LogP contribution in [-0.4, -0.2) is 35.1 Å². The van der Waals surface area contributed by atoms with Gasteiger partial charge in [-0.2, -0.15) is 0 Å². The third kappa shape index (κ3) is 4.53. The van der Waals surface area contributed by atoms with Crippen LogP contribution < -0.4 is 10.1 Å². The predicted octanol–water partition coefficient (Wildman–Crippen LogP) is 2.84. The molecule has 2 atom stereocenters. The third-order valence-electron chi connectivity index (χ3n) is 4.29. The van der Waals surface area contributed by atoms with Crippen molar-refractivity contribution < 1.29 is 4.74 Å². The first-order valence-electron chi connectivity index (χ1n) is 8.30. The van der Waals surface area contributed by atoms with Crippen LogP contribution in [0.1, 0.15) is 25.1 Å². The van der Waals surface area contributed by atoms with E-state index < -0.39 is 0 Å². The molecule has 2 heterocycles. The van der Waals surface area contributed by atoms with Crippen LogP contribution in [0, 0.1) is 0 Å². The summed E-state index contributed by atoms with van der Waals surface area (Å²) in [5.41, 5.74) is 2.24. The van der Waals surface area contributed by atoms with Crippen molar-refractivity contribution in [3.05, 3.63) is 59.9 Å². The summed E-state index contributed by atoms with van der Waals surface area (Å²) in [7, 11) is 0. The lowest BCUT2D eigenvalue weighted by Crippen LogP contribution is -2.53. The number of pyridine rings is 1. The van der Waals surface area contributed by atoms with Gasteiger partial charge in [-0.05, 0) is 43.7 Å². The summed E-state index contributed by atoms with van der Waals surface area (Å²) < 4.78 is 5.88. The number of piperazine rings is 1. The molecular formula is C19H25N3O. The van der Waals surface area contributed by atoms with E-state index in [-0.39, 0.29) is 0 Å². The highest BCUT2D eigenvalue weighted by molar-refractivity contribution is 5.28. The molecular weight excluding hydrogens is 286 g/mol. The van der Waals surface area contributed by atoms with E-state index in [0.29, 0.717) is 18.7 Å². The fraction of sp³-hybridized carbons (Fsp3) is 0.421. The molecule has 4 heteroatoms. The number of aromatic nitrogens is 1. The Labute approximate surface area is 138 Å². The lowest BCUT2D eigenvalue weighted by molar-refractivity contribution is 0.138. The van der Waals surface area contributed by atoms with Crippen molar-refractivity contribution in [1.82, 2.24) is 15.2 Å². The quantitative estimate of drug-likeness (QED) is 0.921. The Kier molecular flexibility index (Phi) is 5.26. The van der Waals surface area contributed by atoms with E-state index >= 15 is 0 Å². The molecule has 1 aromatic heterocycles. The summed E-state index contributed by atoms with van der Waals surface area (Å²) in [6.07, 6.45) is 1.79. The monoisotopic (exact) mass is 311 g/mol. The first-order chi connectivity index (χ1) is 11.2. The zero-order chi connectivity index (χ0) is 16.1. The van der Waals surface area contributed by atoms with Crippen molar-refractivity contribution in [2.45, 2.75) is 39.1 Å². The number of hydrogen-bond acceptors (Lipinski definition) is 4. The van der Waals surface area contributed by atoms with Crippen LogP contribution in [0.4, 0.5) is 0 Å². The van der Waals surface area contributed by atoms with Crippen LogP contribution in [0.2, 0.25) is 0 Å². The van der Waals surface area contributed by atoms with Gasteiger partial charge in [-0.25, -0.2) is 0 Å². The lowest BCUT2D eigenvalue weighted by atomic mass is 10.1. The van der Waals surface area contributed by atoms with Gasteiger partial charge in [0.05, 0.1) is 5.69 Å². The van der Waals surface area contributed by atoms with E-state index in [0.717, 1.165) is 31.1 Å². The molecule has 0 bridgehead atoms. The largest absolute Gasteiger partial charge is 0.487 e. The number of ether oxygens (including phenoxy) is 1. The normalized spacial score (nSPS) is 22.0. The molecule has 2 unspecified atom stereocenters. The van der Waals surface area contributed by atoms with Crippen molar-refractivity contribution >= 4 is 0 Å². The average molecular weight is 311 g/mol. The van der Waals surface area contributed by atoms with Crippen LogP contribution in [0.3, 0.4) is 0 Å². The maximum Gasteiger partial charge on any atom is 0.130 e. The number of rotatable bonds is 5. The van der Waals surface area contributed by atoms with Gasteiger partial charge in [0.15, 0.2) is 0 Å². The fourth-order valence-electron chi connectivity index (χ4n) is 2.93. The third-order valence-corrected chi connectivity index (χ3v) is 4.29. The first-order valence-corrected chi connectivity index (χ1v) is 8.30. The molecule has 1 saturated heterocycles. The van der Waals surface area contributed by atoms with Crippen LogP contribution in [0.5, 0.6) is 5.75 Å². The highest BCUT2D eigenvalue weighted by atomic mass is 16.5. The second-order valence-corrected chi connectivity index (χ2v) is 6.34. The van der Waals surface area contributed by atoms with E-state index in [2.05, 4.69) is 47.2 Å². The van der Waals surface area contributed by atoms with Crippen molar-refractivity contribution in [3.63, 3.8) is 0 Å². The topological polar surface area (TPSA) is 37.4 Å². The zero-order valence-corrected chi connectivity index (χ0v) is 13.9. The van der Waals surface area contributed by atoms with Crippen molar-refractivity contribution in [1.29, 1.82) is 0 Å². The number of nitrogens with one attached hydrogen (secondary N) is 1. The zero-order valence-electron chi connectivity index (χ0n) is 13.9. The minimum atomic E-state index is 0.505. The van der Waals surface area contributed by atoms with E-state index in [1.54, 1.807) is 6.20 Å². The Morgan fingerprint density at radius 2 is 2.13 bits per heavy atom. The van der Waals surface area contributed by atoms with Gasteiger partial charge in [-0.1, -0.05) is 18.2 Å². The summed E-state index contributed by atoms with van der Waals surface area (Å²) >= 11 is 0. The average Bonchev–Trinajstić information content (AvgIpc) is 2.58. The second kappa shape index (κ2) is 7.57. The van der Waals surface area contributed by atoms with Gasteiger partial charge in [0.2, 0.25) is 0 Å². The van der Waals surface area contributed by atoms with E-state index in [1.807, 2.05) is 24.3 Å². The van der Waals surface area contributed by atoms with Gasteiger partial charge < -0.3 is 10.1 Å². The summed E-state index contributed by atoms with van der Waals surface area (Å²) in [5, 5.41) is 3.52. The highest BCUT2D eigenvalue weighted by Gasteiger charge is 2.22. The van der Waals surface area contributed by atoms with Gasteiger partial charge in [-0.3, -0.25) is 9.88 Å². The molecule has 0 amide bonds. The predicted molar refractivity (Wildman–Crippen MR) is 92.3 cm³/mol. The summed E-state index contributed by atoms with van der Waals surface area (Å²) in [6.45, 7) is 8.13. The minimum absolute atomic E-state index is 0.505. The van der Waals surface area contributed by atoms with E-state index in [4.69, 9.17) is 4.74 Å². The van der Waals surface area contributed by atoms with Gasteiger partial charge in [0, 0.05) is 37.9 Å². The SMILES string of the molecule is CC1CN(Cc2cccc(OCc3ccccn3)c2)C(C)CN1. The minimum Gasteiger partial charge on any atom is -0.487 e. The maximum absolute atomic E-state index is 5.88. The van der Waals surface area contributed by atoms with Gasteiger partial charge in [0.1, 0.15) is 12.4 Å². The first kappa shape index (κ1) is 16.0. The van der Waals surface area contributed by atoms with Gasteiger partial charge in [0.25, 0.3) is 0 Å². The van der Waals surface area contributed by atoms with Crippen LogP contribution in [0.25, 0.3) is 0 Å². The Hall–Kier alpha value is -1.91. The molecule has 0 aliphatic carbocycles. The molecule has 4 nitrogen and oxygen atoms in total. The summed E-state index contributed by atoms with van der Waals surface area (Å²) in [6, 6.07) is 15.4. The van der Waals surface area contributed by atoms with E-state index in [9.17, 15) is 0 Å². The molecule has 1 aliphatic heterocycles. The molecule has 23 heavy (non-hydrogen) atoms. The van der Waals surface area contributed by atoms with Crippen LogP contribution >= 0.6 is 0 Å².